The summed E-state index contributed by atoms with van der Waals surface area (Å²) in [7, 11) is -7.22. The summed E-state index contributed by atoms with van der Waals surface area (Å²) in [5.74, 6) is 0. The van der Waals surface area contributed by atoms with Crippen LogP contribution in [0.25, 0.3) is 0 Å². The molecule has 0 fully saturated rings. The van der Waals surface area contributed by atoms with Crippen LogP contribution in [-0.2, 0) is 20.0 Å². The van der Waals surface area contributed by atoms with Crippen LogP contribution in [0.2, 0.25) is 0 Å². The fraction of sp³-hybridized carbons (Fsp3) is 0.143. The van der Waals surface area contributed by atoms with Gasteiger partial charge in [-0.2, -0.15) is 0 Å². The van der Waals surface area contributed by atoms with Crippen molar-refractivity contribution < 1.29 is 16.8 Å². The first-order valence-electron chi connectivity index (χ1n) is 6.54. The van der Waals surface area contributed by atoms with Crippen LogP contribution in [0, 0.1) is 6.92 Å². The molecule has 0 heterocycles. The van der Waals surface area contributed by atoms with Gasteiger partial charge in [0.2, 0.25) is 10.0 Å². The number of hydrogen-bond donors (Lipinski definition) is 3. The van der Waals surface area contributed by atoms with Crippen LogP contribution in [0.3, 0.4) is 0 Å². The molecule has 2 rings (SSSR count). The average molecular weight is 355 g/mol. The molecule has 0 aromatic heterocycles. The lowest BCUT2D eigenvalue weighted by Gasteiger charge is -2.13. The first kappa shape index (κ1) is 17.1. The summed E-state index contributed by atoms with van der Waals surface area (Å²) < 4.78 is 52.0. The fourth-order valence-electron chi connectivity index (χ4n) is 1.98. The van der Waals surface area contributed by atoms with E-state index >= 15 is 0 Å². The van der Waals surface area contributed by atoms with Crippen molar-refractivity contribution in [1.82, 2.24) is 0 Å². The Hall–Kier alpha value is -2.26. The molecular weight excluding hydrogens is 338 g/mol. The molecule has 0 aliphatic rings. The highest BCUT2D eigenvalue weighted by molar-refractivity contribution is 7.93. The molecule has 0 saturated carbocycles. The van der Waals surface area contributed by atoms with E-state index in [1.165, 1.54) is 30.3 Å². The van der Waals surface area contributed by atoms with Crippen LogP contribution in [0.4, 0.5) is 17.1 Å². The minimum atomic E-state index is -3.82. The number of para-hydroxylation sites is 1. The molecule has 2 aromatic carbocycles. The van der Waals surface area contributed by atoms with E-state index < -0.39 is 20.0 Å². The number of hydrogen-bond acceptors (Lipinski definition) is 5. The zero-order valence-electron chi connectivity index (χ0n) is 12.6. The van der Waals surface area contributed by atoms with Crippen LogP contribution in [0.15, 0.2) is 47.4 Å². The van der Waals surface area contributed by atoms with Gasteiger partial charge in [0.25, 0.3) is 10.0 Å². The van der Waals surface area contributed by atoms with Gasteiger partial charge in [0.1, 0.15) is 4.90 Å². The quantitative estimate of drug-likeness (QED) is 0.706. The number of nitrogens with two attached hydrogens (primary N) is 1. The molecule has 0 atom stereocenters. The molecule has 2 aromatic rings. The van der Waals surface area contributed by atoms with Gasteiger partial charge in [-0.15, -0.1) is 0 Å². The third-order valence-corrected chi connectivity index (χ3v) is 5.03. The molecule has 4 N–H and O–H groups in total. The smallest absolute Gasteiger partial charge is 0.263 e. The molecule has 0 aliphatic heterocycles. The maximum Gasteiger partial charge on any atom is 0.263 e. The van der Waals surface area contributed by atoms with E-state index in [-0.39, 0.29) is 10.6 Å². The van der Waals surface area contributed by atoms with E-state index in [1.54, 1.807) is 19.1 Å². The van der Waals surface area contributed by atoms with Gasteiger partial charge in [-0.1, -0.05) is 12.1 Å². The van der Waals surface area contributed by atoms with Crippen LogP contribution in [0.1, 0.15) is 5.56 Å². The van der Waals surface area contributed by atoms with Gasteiger partial charge in [-0.3, -0.25) is 9.44 Å². The topological polar surface area (TPSA) is 118 Å². The molecule has 0 amide bonds. The van der Waals surface area contributed by atoms with Crippen molar-refractivity contribution in [2.45, 2.75) is 11.8 Å². The lowest BCUT2D eigenvalue weighted by atomic mass is 10.2. The van der Waals surface area contributed by atoms with Gasteiger partial charge < -0.3 is 5.73 Å². The Morgan fingerprint density at radius 2 is 1.61 bits per heavy atom. The summed E-state index contributed by atoms with van der Waals surface area (Å²) in [6, 6.07) is 10.6. The van der Waals surface area contributed by atoms with E-state index in [0.717, 1.165) is 6.26 Å². The third kappa shape index (κ3) is 4.36. The fourth-order valence-corrected chi connectivity index (χ4v) is 3.79. The highest BCUT2D eigenvalue weighted by Gasteiger charge is 2.17. The normalized spacial score (nSPS) is 11.9. The predicted molar refractivity (Wildman–Crippen MR) is 91.3 cm³/mol. The number of nitrogen functional groups attached to an aromatic ring is 1. The van der Waals surface area contributed by atoms with Crippen molar-refractivity contribution in [3.8, 4) is 0 Å². The molecule has 0 aliphatic carbocycles. The average Bonchev–Trinajstić information content (AvgIpc) is 2.40. The Morgan fingerprint density at radius 3 is 2.17 bits per heavy atom. The molecule has 0 bridgehead atoms. The maximum atomic E-state index is 12.3. The Bertz CT molecular complexity index is 938. The second-order valence-electron chi connectivity index (χ2n) is 5.05. The molecule has 9 heteroatoms. The lowest BCUT2D eigenvalue weighted by Crippen LogP contribution is -2.15. The lowest BCUT2D eigenvalue weighted by molar-refractivity contribution is 0.601. The minimum absolute atomic E-state index is 0.0176. The molecule has 23 heavy (non-hydrogen) atoms. The van der Waals surface area contributed by atoms with Crippen molar-refractivity contribution in [2.75, 3.05) is 21.4 Å². The summed E-state index contributed by atoms with van der Waals surface area (Å²) in [6.07, 6.45) is 1.04. The Kier molecular flexibility index (Phi) is 4.53. The Balaban J connectivity index is 2.31. The second-order valence-corrected chi connectivity index (χ2v) is 8.45. The molecule has 124 valence electrons. The Morgan fingerprint density at radius 1 is 0.957 bits per heavy atom. The van der Waals surface area contributed by atoms with Crippen LogP contribution < -0.4 is 15.2 Å². The summed E-state index contributed by atoms with van der Waals surface area (Å²) in [6.45, 7) is 1.67. The van der Waals surface area contributed by atoms with E-state index in [4.69, 9.17) is 5.73 Å². The maximum absolute atomic E-state index is 12.3. The van der Waals surface area contributed by atoms with E-state index in [9.17, 15) is 16.8 Å². The third-order valence-electron chi connectivity index (χ3n) is 2.98. The zero-order valence-corrected chi connectivity index (χ0v) is 14.2. The summed E-state index contributed by atoms with van der Waals surface area (Å²) >= 11 is 0. The SMILES string of the molecule is Cc1cc(NS(=O)(=O)c2ccccc2N)ccc1NS(C)(=O)=O. The zero-order chi connectivity index (χ0) is 17.3. The number of rotatable bonds is 5. The van der Waals surface area contributed by atoms with E-state index in [0.29, 0.717) is 16.9 Å². The summed E-state index contributed by atoms with van der Waals surface area (Å²) in [5.41, 5.74) is 7.11. The van der Waals surface area contributed by atoms with Crippen molar-refractivity contribution >= 4 is 37.1 Å². The predicted octanol–water partition coefficient (Wildman–Crippen LogP) is 1.75. The molecule has 0 spiro atoms. The van der Waals surface area contributed by atoms with Crippen molar-refractivity contribution in [3.05, 3.63) is 48.0 Å². The second kappa shape index (κ2) is 6.09. The first-order valence-corrected chi connectivity index (χ1v) is 9.92. The summed E-state index contributed by atoms with van der Waals surface area (Å²) in [4.78, 5) is -0.0176. The number of benzene rings is 2. The largest absolute Gasteiger partial charge is 0.398 e. The number of aryl methyl sites for hydroxylation is 1. The highest BCUT2D eigenvalue weighted by atomic mass is 32.2. The molecule has 0 radical (unpaired) electrons. The molecule has 7 nitrogen and oxygen atoms in total. The standard InChI is InChI=1S/C14H17N3O4S2/c1-10-9-11(7-8-13(10)17-22(2,18)19)16-23(20,21)14-6-4-3-5-12(14)15/h3-9,16-17H,15H2,1-2H3. The van der Waals surface area contributed by atoms with Crippen molar-refractivity contribution in [1.29, 1.82) is 0 Å². The molecule has 0 saturated heterocycles. The Labute approximate surface area is 135 Å². The number of nitrogens with one attached hydrogen (secondary N) is 2. The minimum Gasteiger partial charge on any atom is -0.398 e. The van der Waals surface area contributed by atoms with E-state index in [2.05, 4.69) is 9.44 Å². The van der Waals surface area contributed by atoms with E-state index in [1.807, 2.05) is 0 Å². The van der Waals surface area contributed by atoms with Gasteiger partial charge >= 0.3 is 0 Å². The van der Waals surface area contributed by atoms with Gasteiger partial charge in [0.15, 0.2) is 0 Å². The van der Waals surface area contributed by atoms with Gasteiger partial charge in [0.05, 0.1) is 17.6 Å². The van der Waals surface area contributed by atoms with Crippen LogP contribution in [-0.4, -0.2) is 23.1 Å². The highest BCUT2D eigenvalue weighted by Crippen LogP contribution is 2.24. The van der Waals surface area contributed by atoms with Crippen LogP contribution in [0.5, 0.6) is 0 Å². The molecular formula is C14H17N3O4S2. The summed E-state index contributed by atoms with van der Waals surface area (Å²) in [5, 5.41) is 0. The van der Waals surface area contributed by atoms with Gasteiger partial charge in [-0.25, -0.2) is 16.8 Å². The number of sulfonamides is 2. The van der Waals surface area contributed by atoms with Crippen molar-refractivity contribution in [3.63, 3.8) is 0 Å². The van der Waals surface area contributed by atoms with Crippen molar-refractivity contribution in [2.24, 2.45) is 0 Å². The molecule has 0 unspecified atom stereocenters. The number of anilines is 3. The van der Waals surface area contributed by atoms with Gasteiger partial charge in [0, 0.05) is 5.69 Å². The monoisotopic (exact) mass is 355 g/mol. The van der Waals surface area contributed by atoms with Gasteiger partial charge in [-0.05, 0) is 42.8 Å². The first-order chi connectivity index (χ1) is 10.6. The van der Waals surface area contributed by atoms with Crippen LogP contribution >= 0.6 is 0 Å².